The van der Waals surface area contributed by atoms with Gasteiger partial charge in [0.2, 0.25) is 0 Å². The van der Waals surface area contributed by atoms with Crippen LogP contribution in [-0.4, -0.2) is 24.6 Å². The number of urea groups is 1. The van der Waals surface area contributed by atoms with Crippen LogP contribution in [0.25, 0.3) is 0 Å². The van der Waals surface area contributed by atoms with Crippen LogP contribution >= 0.6 is 0 Å². The van der Waals surface area contributed by atoms with Gasteiger partial charge in [0.25, 0.3) is 5.91 Å². The van der Waals surface area contributed by atoms with E-state index < -0.39 is 0 Å². The first-order valence-electron chi connectivity index (χ1n) is 8.10. The number of para-hydroxylation sites is 2. The van der Waals surface area contributed by atoms with Gasteiger partial charge in [-0.15, -0.1) is 0 Å². The number of hydrogen-bond donors (Lipinski definition) is 3. The Morgan fingerprint density at radius 1 is 1.00 bits per heavy atom. The zero-order valence-electron chi connectivity index (χ0n) is 14.6. The number of hydrogen-bond acceptors (Lipinski definition) is 3. The van der Waals surface area contributed by atoms with Crippen molar-refractivity contribution in [2.45, 2.75) is 26.8 Å². The minimum Gasteiger partial charge on any atom is -0.484 e. The number of carbonyl (C=O) groups is 2. The van der Waals surface area contributed by atoms with Crippen LogP contribution < -0.4 is 20.7 Å². The van der Waals surface area contributed by atoms with Gasteiger partial charge in [-0.1, -0.05) is 24.3 Å². The summed E-state index contributed by atoms with van der Waals surface area (Å²) in [5.41, 5.74) is 2.09. The molecule has 0 saturated heterocycles. The number of aryl methyl sites for hydroxylation is 1. The van der Waals surface area contributed by atoms with Crippen molar-refractivity contribution in [2.24, 2.45) is 0 Å². The third kappa shape index (κ3) is 6.18. The highest BCUT2D eigenvalue weighted by Gasteiger charge is 2.10. The molecule has 0 fully saturated rings. The van der Waals surface area contributed by atoms with E-state index in [4.69, 9.17) is 4.74 Å². The summed E-state index contributed by atoms with van der Waals surface area (Å²) in [5.74, 6) is 0.331. The van der Waals surface area contributed by atoms with Crippen molar-refractivity contribution >= 4 is 23.3 Å². The predicted octanol–water partition coefficient (Wildman–Crippen LogP) is 3.54. The van der Waals surface area contributed by atoms with Crippen LogP contribution in [0.1, 0.15) is 19.4 Å². The fourth-order valence-corrected chi connectivity index (χ4v) is 2.16. The Labute approximate surface area is 147 Å². The van der Waals surface area contributed by atoms with Gasteiger partial charge in [-0.2, -0.15) is 0 Å². The molecule has 0 aliphatic carbocycles. The van der Waals surface area contributed by atoms with Crippen molar-refractivity contribution < 1.29 is 14.3 Å². The number of amides is 3. The molecule has 0 aliphatic heterocycles. The molecule has 0 aliphatic rings. The van der Waals surface area contributed by atoms with Gasteiger partial charge in [-0.3, -0.25) is 4.79 Å². The van der Waals surface area contributed by atoms with Crippen molar-refractivity contribution in [1.82, 2.24) is 5.32 Å². The lowest BCUT2D eigenvalue weighted by atomic mass is 10.2. The lowest BCUT2D eigenvalue weighted by molar-refractivity contribution is -0.118. The Kier molecular flexibility index (Phi) is 6.39. The quantitative estimate of drug-likeness (QED) is 0.752. The van der Waals surface area contributed by atoms with Crippen LogP contribution in [0.3, 0.4) is 0 Å². The molecular weight excluding hydrogens is 318 g/mol. The van der Waals surface area contributed by atoms with Crippen LogP contribution in [0.5, 0.6) is 5.75 Å². The topological polar surface area (TPSA) is 79.5 Å². The number of rotatable bonds is 6. The van der Waals surface area contributed by atoms with Crippen LogP contribution in [0.2, 0.25) is 0 Å². The summed E-state index contributed by atoms with van der Waals surface area (Å²) in [6.45, 7) is 5.58. The zero-order valence-corrected chi connectivity index (χ0v) is 14.6. The highest BCUT2D eigenvalue weighted by molar-refractivity contribution is 5.99. The van der Waals surface area contributed by atoms with Gasteiger partial charge in [-0.05, 0) is 50.6 Å². The average Bonchev–Trinajstić information content (AvgIpc) is 2.54. The second-order valence-electron chi connectivity index (χ2n) is 5.95. The second kappa shape index (κ2) is 8.73. The summed E-state index contributed by atoms with van der Waals surface area (Å²) >= 11 is 0. The zero-order chi connectivity index (χ0) is 18.2. The normalized spacial score (nSPS) is 10.2. The molecule has 6 heteroatoms. The van der Waals surface area contributed by atoms with Gasteiger partial charge in [0.15, 0.2) is 6.61 Å². The van der Waals surface area contributed by atoms with Crippen LogP contribution in [0.15, 0.2) is 48.5 Å². The molecule has 0 saturated carbocycles. The molecule has 2 aromatic rings. The van der Waals surface area contributed by atoms with E-state index in [2.05, 4.69) is 16.0 Å². The van der Waals surface area contributed by atoms with E-state index in [0.717, 1.165) is 5.56 Å². The Morgan fingerprint density at radius 2 is 1.68 bits per heavy atom. The van der Waals surface area contributed by atoms with E-state index in [1.807, 2.05) is 39.0 Å². The van der Waals surface area contributed by atoms with Gasteiger partial charge in [0.05, 0.1) is 11.4 Å². The van der Waals surface area contributed by atoms with Gasteiger partial charge in [0.1, 0.15) is 5.75 Å². The molecule has 0 spiro atoms. The number of ether oxygens (including phenoxy) is 1. The van der Waals surface area contributed by atoms with E-state index in [0.29, 0.717) is 17.1 Å². The monoisotopic (exact) mass is 341 g/mol. The SMILES string of the molecule is Cc1cccc(OCC(=O)Nc2ccccc2NC(=O)NC(C)C)c1. The van der Waals surface area contributed by atoms with Crippen molar-refractivity contribution in [2.75, 3.05) is 17.2 Å². The van der Waals surface area contributed by atoms with E-state index in [1.165, 1.54) is 0 Å². The maximum Gasteiger partial charge on any atom is 0.319 e. The minimum atomic E-state index is -0.326. The Bertz CT molecular complexity index is 744. The van der Waals surface area contributed by atoms with Crippen molar-refractivity contribution in [3.05, 3.63) is 54.1 Å². The van der Waals surface area contributed by atoms with Crippen LogP contribution in [0, 0.1) is 6.92 Å². The highest BCUT2D eigenvalue weighted by Crippen LogP contribution is 2.21. The third-order valence-corrected chi connectivity index (χ3v) is 3.23. The summed E-state index contributed by atoms with van der Waals surface area (Å²) in [7, 11) is 0. The third-order valence-electron chi connectivity index (χ3n) is 3.23. The standard InChI is InChI=1S/C19H23N3O3/c1-13(2)20-19(24)22-17-10-5-4-9-16(17)21-18(23)12-25-15-8-6-7-14(3)11-15/h4-11,13H,12H2,1-3H3,(H,21,23)(H2,20,22,24). The van der Waals surface area contributed by atoms with E-state index in [1.54, 1.807) is 30.3 Å². The molecule has 0 atom stereocenters. The smallest absolute Gasteiger partial charge is 0.319 e. The molecule has 0 bridgehead atoms. The summed E-state index contributed by atoms with van der Waals surface area (Å²) in [5, 5.41) is 8.21. The first kappa shape index (κ1) is 18.3. The molecule has 2 aromatic carbocycles. The molecular formula is C19H23N3O3. The minimum absolute atomic E-state index is 0.0180. The molecule has 0 heterocycles. The highest BCUT2D eigenvalue weighted by atomic mass is 16.5. The van der Waals surface area contributed by atoms with E-state index in [-0.39, 0.29) is 24.6 Å². The lowest BCUT2D eigenvalue weighted by Gasteiger charge is -2.14. The largest absolute Gasteiger partial charge is 0.484 e. The van der Waals surface area contributed by atoms with Crippen molar-refractivity contribution in [3.63, 3.8) is 0 Å². The van der Waals surface area contributed by atoms with Crippen molar-refractivity contribution in [1.29, 1.82) is 0 Å². The number of nitrogens with one attached hydrogen (secondary N) is 3. The van der Waals surface area contributed by atoms with Crippen LogP contribution in [-0.2, 0) is 4.79 Å². The van der Waals surface area contributed by atoms with Gasteiger partial charge >= 0.3 is 6.03 Å². The Hall–Kier alpha value is -3.02. The number of benzene rings is 2. The summed E-state index contributed by atoms with van der Waals surface area (Å²) in [6.07, 6.45) is 0. The van der Waals surface area contributed by atoms with E-state index >= 15 is 0 Å². The number of anilines is 2. The maximum absolute atomic E-state index is 12.1. The fraction of sp³-hybridized carbons (Fsp3) is 0.263. The Balaban J connectivity index is 1.95. The van der Waals surface area contributed by atoms with Gasteiger partial charge in [-0.25, -0.2) is 4.79 Å². The van der Waals surface area contributed by atoms with Crippen LogP contribution in [0.4, 0.5) is 16.2 Å². The Morgan fingerprint density at radius 3 is 2.32 bits per heavy atom. The first-order chi connectivity index (χ1) is 11.9. The predicted molar refractivity (Wildman–Crippen MR) is 99.0 cm³/mol. The molecule has 0 radical (unpaired) electrons. The maximum atomic E-state index is 12.1. The molecule has 0 aromatic heterocycles. The molecule has 2 rings (SSSR count). The molecule has 3 N–H and O–H groups in total. The summed E-state index contributed by atoms with van der Waals surface area (Å²) in [6, 6.07) is 14.2. The average molecular weight is 341 g/mol. The lowest BCUT2D eigenvalue weighted by Crippen LogP contribution is -2.34. The van der Waals surface area contributed by atoms with Crippen molar-refractivity contribution in [3.8, 4) is 5.75 Å². The molecule has 0 unspecified atom stereocenters. The molecule has 6 nitrogen and oxygen atoms in total. The summed E-state index contributed by atoms with van der Waals surface area (Å²) < 4.78 is 5.48. The molecule has 25 heavy (non-hydrogen) atoms. The van der Waals surface area contributed by atoms with Gasteiger partial charge in [0, 0.05) is 6.04 Å². The molecule has 132 valence electrons. The number of carbonyl (C=O) groups excluding carboxylic acids is 2. The first-order valence-corrected chi connectivity index (χ1v) is 8.10. The summed E-state index contributed by atoms with van der Waals surface area (Å²) in [4.78, 5) is 24.0. The second-order valence-corrected chi connectivity index (χ2v) is 5.95. The van der Waals surface area contributed by atoms with E-state index in [9.17, 15) is 9.59 Å². The molecule has 3 amide bonds. The fourth-order valence-electron chi connectivity index (χ4n) is 2.16. The van der Waals surface area contributed by atoms with Gasteiger partial charge < -0.3 is 20.7 Å².